The molecule has 114 valence electrons. The fourth-order valence-corrected chi connectivity index (χ4v) is 3.42. The van der Waals surface area contributed by atoms with Gasteiger partial charge in [-0.25, -0.2) is 0 Å². The number of hydrogen-bond donors (Lipinski definition) is 1. The summed E-state index contributed by atoms with van der Waals surface area (Å²) < 4.78 is 0. The van der Waals surface area contributed by atoms with E-state index >= 15 is 0 Å². The molecular weight excluding hydrogens is 296 g/mol. The van der Waals surface area contributed by atoms with Gasteiger partial charge in [0, 0.05) is 12.2 Å². The van der Waals surface area contributed by atoms with Crippen LogP contribution in [0.15, 0.2) is 47.2 Å². The molecule has 1 aliphatic rings. The van der Waals surface area contributed by atoms with Crippen LogP contribution in [0.2, 0.25) is 0 Å². The number of thiophene rings is 1. The summed E-state index contributed by atoms with van der Waals surface area (Å²) >= 11 is 1.58. The van der Waals surface area contributed by atoms with Crippen molar-refractivity contribution in [1.82, 2.24) is 4.90 Å². The van der Waals surface area contributed by atoms with E-state index in [9.17, 15) is 9.59 Å². The van der Waals surface area contributed by atoms with Gasteiger partial charge in [-0.1, -0.05) is 18.2 Å². The number of rotatable bonds is 4. The van der Waals surface area contributed by atoms with Crippen molar-refractivity contribution in [2.75, 3.05) is 11.9 Å². The second-order valence-corrected chi connectivity index (χ2v) is 6.19. The Hall–Kier alpha value is -2.14. The molecule has 1 saturated heterocycles. The number of carbonyl (C=O) groups excluding carboxylic acids is 2. The SMILES string of the molecule is O=C(Nc1ccccc1)C1CCCN1C(=O)Cc1ccsc1. The maximum Gasteiger partial charge on any atom is 0.247 e. The summed E-state index contributed by atoms with van der Waals surface area (Å²) in [6.45, 7) is 0.663. The van der Waals surface area contributed by atoms with Gasteiger partial charge in [0.15, 0.2) is 0 Å². The first kappa shape index (κ1) is 14.8. The molecule has 1 N–H and O–H groups in total. The Balaban J connectivity index is 1.64. The molecule has 0 spiro atoms. The van der Waals surface area contributed by atoms with Gasteiger partial charge in [-0.2, -0.15) is 11.3 Å². The first-order chi connectivity index (χ1) is 10.7. The van der Waals surface area contributed by atoms with Crippen molar-refractivity contribution >= 4 is 28.8 Å². The number of para-hydroxylation sites is 1. The number of anilines is 1. The summed E-state index contributed by atoms with van der Waals surface area (Å²) in [6, 6.07) is 11.0. The molecule has 1 atom stereocenters. The summed E-state index contributed by atoms with van der Waals surface area (Å²) in [6.07, 6.45) is 1.98. The number of amides is 2. The molecule has 5 heteroatoms. The lowest BCUT2D eigenvalue weighted by Gasteiger charge is -2.24. The van der Waals surface area contributed by atoms with E-state index in [4.69, 9.17) is 0 Å². The lowest BCUT2D eigenvalue weighted by atomic mass is 10.1. The highest BCUT2D eigenvalue weighted by molar-refractivity contribution is 7.08. The highest BCUT2D eigenvalue weighted by Crippen LogP contribution is 2.21. The molecule has 0 bridgehead atoms. The van der Waals surface area contributed by atoms with Crippen LogP contribution in [0.4, 0.5) is 5.69 Å². The molecule has 1 unspecified atom stereocenters. The molecule has 0 radical (unpaired) electrons. The van der Waals surface area contributed by atoms with Gasteiger partial charge >= 0.3 is 0 Å². The topological polar surface area (TPSA) is 49.4 Å². The van der Waals surface area contributed by atoms with Gasteiger partial charge in [0.05, 0.1) is 6.42 Å². The standard InChI is InChI=1S/C17H18N2O2S/c20-16(11-13-8-10-22-12-13)19-9-4-7-15(19)17(21)18-14-5-2-1-3-6-14/h1-3,5-6,8,10,12,15H,4,7,9,11H2,(H,18,21). The number of nitrogens with one attached hydrogen (secondary N) is 1. The number of carbonyl (C=O) groups is 2. The van der Waals surface area contributed by atoms with Crippen molar-refractivity contribution in [2.24, 2.45) is 0 Å². The average Bonchev–Trinajstić information content (AvgIpc) is 3.19. The molecule has 2 amide bonds. The number of benzene rings is 1. The summed E-state index contributed by atoms with van der Waals surface area (Å²) in [5.41, 5.74) is 1.79. The lowest BCUT2D eigenvalue weighted by Crippen LogP contribution is -2.43. The average molecular weight is 314 g/mol. The minimum absolute atomic E-state index is 0.0316. The summed E-state index contributed by atoms with van der Waals surface area (Å²) in [4.78, 5) is 26.6. The van der Waals surface area contributed by atoms with Gasteiger partial charge < -0.3 is 10.2 Å². The predicted molar refractivity (Wildman–Crippen MR) is 87.8 cm³/mol. The molecule has 1 aromatic carbocycles. The minimum atomic E-state index is -0.355. The first-order valence-corrected chi connectivity index (χ1v) is 8.35. The van der Waals surface area contributed by atoms with E-state index in [-0.39, 0.29) is 17.9 Å². The van der Waals surface area contributed by atoms with Crippen LogP contribution in [0.25, 0.3) is 0 Å². The zero-order chi connectivity index (χ0) is 15.4. The van der Waals surface area contributed by atoms with Crippen LogP contribution in [0.5, 0.6) is 0 Å². The third-order valence-corrected chi connectivity index (χ3v) is 4.58. The highest BCUT2D eigenvalue weighted by atomic mass is 32.1. The molecule has 0 saturated carbocycles. The van der Waals surface area contributed by atoms with E-state index in [1.54, 1.807) is 16.2 Å². The van der Waals surface area contributed by atoms with Gasteiger partial charge in [0.2, 0.25) is 11.8 Å². The van der Waals surface area contributed by atoms with Gasteiger partial charge in [0.25, 0.3) is 0 Å². The van der Waals surface area contributed by atoms with E-state index < -0.39 is 0 Å². The quantitative estimate of drug-likeness (QED) is 0.943. The van der Waals surface area contributed by atoms with E-state index in [0.29, 0.717) is 13.0 Å². The lowest BCUT2D eigenvalue weighted by molar-refractivity contribution is -0.136. The summed E-state index contributed by atoms with van der Waals surface area (Å²) in [7, 11) is 0. The summed E-state index contributed by atoms with van der Waals surface area (Å²) in [5, 5.41) is 6.84. The highest BCUT2D eigenvalue weighted by Gasteiger charge is 2.33. The van der Waals surface area contributed by atoms with Crippen LogP contribution in [0.1, 0.15) is 18.4 Å². The third-order valence-electron chi connectivity index (χ3n) is 3.85. The van der Waals surface area contributed by atoms with Crippen molar-refractivity contribution in [2.45, 2.75) is 25.3 Å². The van der Waals surface area contributed by atoms with Crippen LogP contribution < -0.4 is 5.32 Å². The Labute approximate surface area is 133 Å². The summed E-state index contributed by atoms with van der Waals surface area (Å²) in [5.74, 6) is -0.0634. The van der Waals surface area contributed by atoms with Crippen LogP contribution in [0.3, 0.4) is 0 Å². The van der Waals surface area contributed by atoms with Crippen molar-refractivity contribution in [3.8, 4) is 0 Å². The van der Waals surface area contributed by atoms with E-state index in [2.05, 4.69) is 5.32 Å². The largest absolute Gasteiger partial charge is 0.330 e. The fraction of sp³-hybridized carbons (Fsp3) is 0.294. The molecule has 0 aliphatic carbocycles. The van der Waals surface area contributed by atoms with Crippen LogP contribution in [-0.4, -0.2) is 29.3 Å². The van der Waals surface area contributed by atoms with E-state index in [0.717, 1.165) is 24.1 Å². The smallest absolute Gasteiger partial charge is 0.247 e. The van der Waals surface area contributed by atoms with E-state index in [1.807, 2.05) is 47.2 Å². The van der Waals surface area contributed by atoms with Gasteiger partial charge in [-0.05, 0) is 47.4 Å². The molecule has 4 nitrogen and oxygen atoms in total. The normalized spacial score (nSPS) is 17.5. The second-order valence-electron chi connectivity index (χ2n) is 5.41. The van der Waals surface area contributed by atoms with Crippen LogP contribution in [0, 0.1) is 0 Å². The molecule has 1 aromatic heterocycles. The van der Waals surface area contributed by atoms with Crippen molar-refractivity contribution in [1.29, 1.82) is 0 Å². The monoisotopic (exact) mass is 314 g/mol. The van der Waals surface area contributed by atoms with Crippen molar-refractivity contribution < 1.29 is 9.59 Å². The van der Waals surface area contributed by atoms with Crippen molar-refractivity contribution in [3.05, 3.63) is 52.7 Å². The maximum absolute atomic E-state index is 12.4. The first-order valence-electron chi connectivity index (χ1n) is 7.40. The molecule has 22 heavy (non-hydrogen) atoms. The molecular formula is C17H18N2O2S. The van der Waals surface area contributed by atoms with Gasteiger partial charge in [-0.3, -0.25) is 9.59 Å². The Morgan fingerprint density at radius 1 is 1.23 bits per heavy atom. The predicted octanol–water partition coefficient (Wildman–Crippen LogP) is 2.92. The zero-order valence-corrected chi connectivity index (χ0v) is 13.0. The molecule has 3 rings (SSSR count). The minimum Gasteiger partial charge on any atom is -0.330 e. The van der Waals surface area contributed by atoms with Crippen LogP contribution >= 0.6 is 11.3 Å². The Morgan fingerprint density at radius 2 is 2.05 bits per heavy atom. The molecule has 1 fully saturated rings. The molecule has 2 aromatic rings. The Kier molecular flexibility index (Phi) is 4.53. The van der Waals surface area contributed by atoms with Gasteiger partial charge in [0.1, 0.15) is 6.04 Å². The van der Waals surface area contributed by atoms with Crippen LogP contribution in [-0.2, 0) is 16.0 Å². The van der Waals surface area contributed by atoms with Gasteiger partial charge in [-0.15, -0.1) is 0 Å². The molecule has 2 heterocycles. The number of likely N-dealkylation sites (tertiary alicyclic amines) is 1. The van der Waals surface area contributed by atoms with Crippen molar-refractivity contribution in [3.63, 3.8) is 0 Å². The third kappa shape index (κ3) is 3.36. The fourth-order valence-electron chi connectivity index (χ4n) is 2.75. The molecule has 1 aliphatic heterocycles. The number of hydrogen-bond acceptors (Lipinski definition) is 3. The number of nitrogens with zero attached hydrogens (tertiary/aromatic N) is 1. The Bertz CT molecular complexity index is 640. The zero-order valence-electron chi connectivity index (χ0n) is 12.2. The van der Waals surface area contributed by atoms with E-state index in [1.165, 1.54) is 0 Å². The second kappa shape index (κ2) is 6.75. The Morgan fingerprint density at radius 3 is 2.77 bits per heavy atom. The maximum atomic E-state index is 12.4.